The van der Waals surface area contributed by atoms with E-state index in [1.54, 1.807) is 0 Å². The van der Waals surface area contributed by atoms with Crippen LogP contribution in [0.5, 0.6) is 0 Å². The largest absolute Gasteiger partial charge is 0.481 e. The van der Waals surface area contributed by atoms with Gasteiger partial charge in [0.1, 0.15) is 0 Å². The van der Waals surface area contributed by atoms with Crippen molar-refractivity contribution >= 4 is 11.7 Å². The van der Waals surface area contributed by atoms with Gasteiger partial charge in [-0.15, -0.1) is 0 Å². The third-order valence-electron chi connectivity index (χ3n) is 4.64. The summed E-state index contributed by atoms with van der Waals surface area (Å²) in [6, 6.07) is 8.11. The van der Waals surface area contributed by atoms with Crippen molar-refractivity contribution in [2.24, 2.45) is 11.1 Å². The van der Waals surface area contributed by atoms with E-state index in [4.69, 9.17) is 5.73 Å². The zero-order chi connectivity index (χ0) is 14.8. The molecule has 0 aromatic heterocycles. The molecule has 20 heavy (non-hydrogen) atoms. The first-order valence-electron chi connectivity index (χ1n) is 7.22. The summed E-state index contributed by atoms with van der Waals surface area (Å²) in [4.78, 5) is 13.8. The lowest BCUT2D eigenvalue weighted by Gasteiger charge is -2.33. The van der Waals surface area contributed by atoms with Crippen LogP contribution in [0.25, 0.3) is 0 Å². The van der Waals surface area contributed by atoms with Gasteiger partial charge in [0.25, 0.3) is 0 Å². The Labute approximate surface area is 120 Å². The van der Waals surface area contributed by atoms with Gasteiger partial charge in [-0.2, -0.15) is 0 Å². The Balaban J connectivity index is 2.33. The number of nitrogens with zero attached hydrogens (tertiary/aromatic N) is 1. The number of nitrogens with two attached hydrogens (primary N) is 1. The normalized spacial score (nSPS) is 18.8. The molecule has 0 radical (unpaired) electrons. The van der Waals surface area contributed by atoms with E-state index in [1.807, 2.05) is 43.3 Å². The molecule has 3 N–H and O–H groups in total. The first-order chi connectivity index (χ1) is 9.51. The number of carboxylic acid groups (broad SMARTS) is 1. The van der Waals surface area contributed by atoms with Crippen molar-refractivity contribution in [3.8, 4) is 0 Å². The zero-order valence-electron chi connectivity index (χ0n) is 12.3. The van der Waals surface area contributed by atoms with Gasteiger partial charge < -0.3 is 15.7 Å². The predicted octanol–water partition coefficient (Wildman–Crippen LogP) is 2.44. The summed E-state index contributed by atoms with van der Waals surface area (Å²) in [5, 5.41) is 9.71. The van der Waals surface area contributed by atoms with Crippen LogP contribution in [0.3, 0.4) is 0 Å². The van der Waals surface area contributed by atoms with Crippen molar-refractivity contribution < 1.29 is 9.90 Å². The Morgan fingerprint density at radius 2 is 1.85 bits per heavy atom. The topological polar surface area (TPSA) is 66.6 Å². The number of carboxylic acids is 1. The number of carbonyl (C=O) groups is 1. The number of aliphatic carboxylic acids is 1. The summed E-state index contributed by atoms with van der Waals surface area (Å²) in [5.41, 5.74) is 7.41. The third kappa shape index (κ3) is 2.52. The van der Waals surface area contributed by atoms with Gasteiger partial charge in [-0.25, -0.2) is 0 Å². The molecule has 110 valence electrons. The molecule has 0 aliphatic heterocycles. The maximum absolute atomic E-state index is 11.8. The van der Waals surface area contributed by atoms with Crippen LogP contribution in [-0.2, 0) is 4.79 Å². The highest BCUT2D eigenvalue weighted by Crippen LogP contribution is 2.48. The Kier molecular flexibility index (Phi) is 4.33. The van der Waals surface area contributed by atoms with Gasteiger partial charge in [0.05, 0.1) is 5.41 Å². The van der Waals surface area contributed by atoms with Crippen LogP contribution in [-0.4, -0.2) is 31.7 Å². The van der Waals surface area contributed by atoms with E-state index in [-0.39, 0.29) is 5.92 Å². The molecule has 1 aliphatic rings. The van der Waals surface area contributed by atoms with E-state index >= 15 is 0 Å². The quantitative estimate of drug-likeness (QED) is 0.867. The predicted molar refractivity (Wildman–Crippen MR) is 81.1 cm³/mol. The van der Waals surface area contributed by atoms with Crippen molar-refractivity contribution in [3.05, 3.63) is 29.8 Å². The molecular formula is C16H24N2O2. The van der Waals surface area contributed by atoms with Crippen LogP contribution in [0.15, 0.2) is 24.3 Å². The summed E-state index contributed by atoms with van der Waals surface area (Å²) in [6.45, 7) is 0.383. The summed E-state index contributed by atoms with van der Waals surface area (Å²) < 4.78 is 0. The maximum atomic E-state index is 11.8. The summed E-state index contributed by atoms with van der Waals surface area (Å²) >= 11 is 0. The van der Waals surface area contributed by atoms with E-state index in [2.05, 4.69) is 0 Å². The molecule has 0 saturated heterocycles. The summed E-state index contributed by atoms with van der Waals surface area (Å²) in [5.74, 6) is -0.791. The number of rotatable bonds is 5. The SMILES string of the molecule is CN(C)c1ccc([C@H](CN)C2(C(=O)O)CCCC2)cc1. The maximum Gasteiger partial charge on any atom is 0.310 e. The molecule has 1 aromatic carbocycles. The second-order valence-electron chi connectivity index (χ2n) is 5.94. The van der Waals surface area contributed by atoms with Gasteiger partial charge in [0.2, 0.25) is 0 Å². The molecule has 0 spiro atoms. The average Bonchev–Trinajstić information content (AvgIpc) is 2.91. The smallest absolute Gasteiger partial charge is 0.310 e. The molecule has 1 aromatic rings. The van der Waals surface area contributed by atoms with E-state index < -0.39 is 11.4 Å². The summed E-state index contributed by atoms with van der Waals surface area (Å²) in [6.07, 6.45) is 3.44. The molecule has 1 atom stereocenters. The lowest BCUT2D eigenvalue weighted by atomic mass is 9.70. The van der Waals surface area contributed by atoms with Crippen LogP contribution in [0.1, 0.15) is 37.2 Å². The standard InChI is InChI=1S/C16H24N2O2/c1-18(2)13-7-5-12(6-8-13)14(11-17)16(15(19)20)9-3-4-10-16/h5-8,14H,3-4,9-11,17H2,1-2H3,(H,19,20)/t14-/m0/s1. The number of hydrogen-bond acceptors (Lipinski definition) is 3. The van der Waals surface area contributed by atoms with Crippen molar-refractivity contribution in [1.82, 2.24) is 0 Å². The van der Waals surface area contributed by atoms with Crippen molar-refractivity contribution in [2.75, 3.05) is 25.5 Å². The fourth-order valence-corrected chi connectivity index (χ4v) is 3.40. The Morgan fingerprint density at radius 3 is 2.25 bits per heavy atom. The third-order valence-corrected chi connectivity index (χ3v) is 4.64. The second-order valence-corrected chi connectivity index (χ2v) is 5.94. The number of benzene rings is 1. The average molecular weight is 276 g/mol. The molecule has 0 bridgehead atoms. The lowest BCUT2D eigenvalue weighted by Crippen LogP contribution is -2.38. The van der Waals surface area contributed by atoms with Crippen LogP contribution in [0.4, 0.5) is 5.69 Å². The first-order valence-corrected chi connectivity index (χ1v) is 7.22. The number of hydrogen-bond donors (Lipinski definition) is 2. The first kappa shape index (κ1) is 14.9. The highest BCUT2D eigenvalue weighted by Gasteiger charge is 2.47. The number of anilines is 1. The van der Waals surface area contributed by atoms with Crippen LogP contribution >= 0.6 is 0 Å². The van der Waals surface area contributed by atoms with E-state index in [1.165, 1.54) is 0 Å². The van der Waals surface area contributed by atoms with Crippen molar-refractivity contribution in [2.45, 2.75) is 31.6 Å². The zero-order valence-corrected chi connectivity index (χ0v) is 12.3. The fourth-order valence-electron chi connectivity index (χ4n) is 3.40. The van der Waals surface area contributed by atoms with Gasteiger partial charge in [0, 0.05) is 32.2 Å². The summed E-state index contributed by atoms with van der Waals surface area (Å²) in [7, 11) is 3.98. The molecular weight excluding hydrogens is 252 g/mol. The van der Waals surface area contributed by atoms with Gasteiger partial charge >= 0.3 is 5.97 Å². The molecule has 1 aliphatic carbocycles. The van der Waals surface area contributed by atoms with E-state index in [0.717, 1.165) is 36.9 Å². The Bertz CT molecular complexity index is 462. The van der Waals surface area contributed by atoms with Crippen molar-refractivity contribution in [3.63, 3.8) is 0 Å². The van der Waals surface area contributed by atoms with Crippen LogP contribution < -0.4 is 10.6 Å². The Hall–Kier alpha value is -1.55. The fraction of sp³-hybridized carbons (Fsp3) is 0.562. The molecule has 0 unspecified atom stereocenters. The molecule has 2 rings (SSSR count). The van der Waals surface area contributed by atoms with E-state index in [0.29, 0.717) is 6.54 Å². The minimum absolute atomic E-state index is 0.0984. The van der Waals surface area contributed by atoms with Gasteiger partial charge in [-0.1, -0.05) is 25.0 Å². The van der Waals surface area contributed by atoms with Gasteiger partial charge in [-0.3, -0.25) is 4.79 Å². The molecule has 1 saturated carbocycles. The lowest BCUT2D eigenvalue weighted by molar-refractivity contribution is -0.150. The minimum atomic E-state index is -0.692. The molecule has 0 amide bonds. The van der Waals surface area contributed by atoms with Crippen LogP contribution in [0.2, 0.25) is 0 Å². The molecule has 1 fully saturated rings. The highest BCUT2D eigenvalue weighted by atomic mass is 16.4. The highest BCUT2D eigenvalue weighted by molar-refractivity contribution is 5.76. The van der Waals surface area contributed by atoms with Crippen LogP contribution in [0, 0.1) is 5.41 Å². The monoisotopic (exact) mass is 276 g/mol. The Morgan fingerprint density at radius 1 is 1.30 bits per heavy atom. The minimum Gasteiger partial charge on any atom is -0.481 e. The molecule has 4 nitrogen and oxygen atoms in total. The van der Waals surface area contributed by atoms with E-state index in [9.17, 15) is 9.90 Å². The van der Waals surface area contributed by atoms with Gasteiger partial charge in [-0.05, 0) is 30.5 Å². The molecule has 4 heteroatoms. The molecule has 0 heterocycles. The second kappa shape index (κ2) is 5.83. The van der Waals surface area contributed by atoms with Gasteiger partial charge in [0.15, 0.2) is 0 Å². The van der Waals surface area contributed by atoms with Crippen molar-refractivity contribution in [1.29, 1.82) is 0 Å².